The molecule has 15 nitrogen and oxygen atoms in total. The molecule has 2 aromatic carbocycles. The van der Waals surface area contributed by atoms with E-state index in [0.717, 1.165) is 19.3 Å². The molecule has 334 valence electrons. The first-order valence-corrected chi connectivity index (χ1v) is 22.5. The van der Waals surface area contributed by atoms with E-state index >= 15 is 0 Å². The highest BCUT2D eigenvalue weighted by Gasteiger charge is 2.22. The summed E-state index contributed by atoms with van der Waals surface area (Å²) in [6, 6.07) is 6.27. The number of nitrogens with one attached hydrogen (secondary N) is 6. The van der Waals surface area contributed by atoms with Crippen molar-refractivity contribution >= 4 is 118 Å². The lowest BCUT2D eigenvalue weighted by atomic mass is 10.1. The van der Waals surface area contributed by atoms with Gasteiger partial charge < -0.3 is 37.6 Å². The average molecular weight is 921 g/mol. The number of hydrogen-bond donors (Lipinski definition) is 7. The van der Waals surface area contributed by atoms with Crippen LogP contribution in [-0.4, -0.2) is 79.6 Å². The zero-order valence-corrected chi connectivity index (χ0v) is 38.6. The van der Waals surface area contributed by atoms with Crippen LogP contribution < -0.4 is 37.6 Å². The molecule has 0 saturated heterocycles. The number of amides is 6. The van der Waals surface area contributed by atoms with Gasteiger partial charge in [0.2, 0.25) is 30.5 Å². The normalized spacial score (nSPS) is 11.7. The SMILES string of the molecule is C=CC.CC=N/C(=C\C(C)C(=O)Nc1cc(Cl)cc(NC(=O)CCCCC)c1SCCNC=O)C(=O)Nc1cc(Cl)cc(NC(=O)CCCCN=C(C)N)c1SCCNC=O. The second-order valence-corrected chi connectivity index (χ2v) is 16.2. The van der Waals surface area contributed by atoms with Crippen molar-refractivity contribution in [3.63, 3.8) is 0 Å². The Morgan fingerprint density at radius 2 is 1.25 bits per heavy atom. The second-order valence-electron chi connectivity index (χ2n) is 13.1. The minimum Gasteiger partial charge on any atom is -0.388 e. The molecular weight excluding hydrogens is 862 g/mol. The number of anilines is 4. The van der Waals surface area contributed by atoms with Crippen LogP contribution in [0.25, 0.3) is 0 Å². The number of amidine groups is 1. The maximum Gasteiger partial charge on any atom is 0.273 e. The number of unbranched alkanes of at least 4 members (excludes halogenated alkanes) is 3. The Kier molecular flexibility index (Phi) is 28.4. The second kappa shape index (κ2) is 32.0. The van der Waals surface area contributed by atoms with Crippen molar-refractivity contribution in [2.24, 2.45) is 21.6 Å². The fourth-order valence-corrected chi connectivity index (χ4v) is 7.43. The van der Waals surface area contributed by atoms with Crippen LogP contribution in [0.1, 0.15) is 79.6 Å². The van der Waals surface area contributed by atoms with E-state index in [1.54, 1.807) is 45.0 Å². The lowest BCUT2D eigenvalue weighted by Crippen LogP contribution is -2.22. The minimum atomic E-state index is -0.901. The van der Waals surface area contributed by atoms with Crippen molar-refractivity contribution in [1.29, 1.82) is 0 Å². The molecule has 19 heteroatoms. The number of aliphatic imine (C=N–C) groups is 2. The number of hydrogen-bond acceptors (Lipinski definition) is 10. The lowest BCUT2D eigenvalue weighted by molar-refractivity contribution is -0.118. The number of nitrogens with two attached hydrogens (primary N) is 1. The minimum absolute atomic E-state index is 0.0784. The van der Waals surface area contributed by atoms with Crippen LogP contribution in [0.5, 0.6) is 0 Å². The molecule has 1 atom stereocenters. The van der Waals surface area contributed by atoms with Gasteiger partial charge in [-0.25, -0.2) is 0 Å². The van der Waals surface area contributed by atoms with Crippen molar-refractivity contribution in [3.05, 3.63) is 58.7 Å². The van der Waals surface area contributed by atoms with Gasteiger partial charge in [-0.15, -0.1) is 30.1 Å². The van der Waals surface area contributed by atoms with Crippen LogP contribution in [-0.2, 0) is 28.8 Å². The first-order chi connectivity index (χ1) is 29.2. The molecule has 0 fully saturated rings. The number of carbonyl (C=O) groups is 6. The van der Waals surface area contributed by atoms with Gasteiger partial charge >= 0.3 is 0 Å². The number of rotatable bonds is 27. The summed E-state index contributed by atoms with van der Waals surface area (Å²) in [7, 11) is 0. The van der Waals surface area contributed by atoms with Crippen molar-refractivity contribution in [3.8, 4) is 0 Å². The Morgan fingerprint density at radius 3 is 1.69 bits per heavy atom. The van der Waals surface area contributed by atoms with E-state index in [0.29, 0.717) is 95.9 Å². The first-order valence-electron chi connectivity index (χ1n) is 19.8. The van der Waals surface area contributed by atoms with Crippen LogP contribution in [0.3, 0.4) is 0 Å². The third-order valence-corrected chi connectivity index (χ3v) is 10.5. The molecule has 0 aromatic heterocycles. The molecule has 0 aliphatic heterocycles. The Morgan fingerprint density at radius 1 is 0.787 bits per heavy atom. The zero-order chi connectivity index (χ0) is 45.6. The van der Waals surface area contributed by atoms with E-state index in [9.17, 15) is 28.8 Å². The van der Waals surface area contributed by atoms with Gasteiger partial charge in [0.15, 0.2) is 0 Å². The molecule has 6 amide bonds. The predicted molar refractivity (Wildman–Crippen MR) is 254 cm³/mol. The number of allylic oxidation sites excluding steroid dienone is 1. The van der Waals surface area contributed by atoms with Crippen molar-refractivity contribution in [1.82, 2.24) is 10.6 Å². The summed E-state index contributed by atoms with van der Waals surface area (Å²) < 4.78 is 0. The van der Waals surface area contributed by atoms with Crippen LogP contribution in [0.15, 0.2) is 68.5 Å². The van der Waals surface area contributed by atoms with E-state index in [4.69, 9.17) is 28.9 Å². The van der Waals surface area contributed by atoms with Gasteiger partial charge in [-0.2, -0.15) is 0 Å². The predicted octanol–water partition coefficient (Wildman–Crippen LogP) is 8.05. The van der Waals surface area contributed by atoms with E-state index in [1.165, 1.54) is 41.9 Å². The van der Waals surface area contributed by atoms with Gasteiger partial charge in [-0.1, -0.05) is 49.0 Å². The Bertz CT molecular complexity index is 1870. The maximum atomic E-state index is 13.8. The highest BCUT2D eigenvalue weighted by Crippen LogP contribution is 2.39. The van der Waals surface area contributed by atoms with Gasteiger partial charge in [-0.3, -0.25) is 38.8 Å². The van der Waals surface area contributed by atoms with Gasteiger partial charge in [0.25, 0.3) is 5.91 Å². The van der Waals surface area contributed by atoms with Crippen molar-refractivity contribution < 1.29 is 28.8 Å². The van der Waals surface area contributed by atoms with Gasteiger partial charge in [-0.05, 0) is 77.3 Å². The summed E-state index contributed by atoms with van der Waals surface area (Å²) in [5.41, 5.74) is 6.90. The van der Waals surface area contributed by atoms with E-state index in [-0.39, 0.29) is 39.7 Å². The molecule has 0 bridgehead atoms. The Hall–Kier alpha value is -4.84. The van der Waals surface area contributed by atoms with Crippen molar-refractivity contribution in [2.45, 2.75) is 89.4 Å². The smallest absolute Gasteiger partial charge is 0.273 e. The highest BCUT2D eigenvalue weighted by atomic mass is 35.5. The molecule has 61 heavy (non-hydrogen) atoms. The standard InChI is InChI=1S/C39H53Cl2N9O6S2.C3H6/c1-5-7-8-11-34(53)47-29-19-27(40)21-31(36(29)57-16-14-43-23-51)49-38(55)25(3)18-33(45-6-2)39(56)50-32-22-28(41)20-30(37(32)58-17-15-44-24-52)48-35(54)12-9-10-13-46-26(4)42;1-3-2/h6,18-25H,5,7-17H2,1-4H3,(H2,42,46)(H,43,51)(H,44,52)(H,47,53)(H,48,54)(H,49,55)(H,50,56);3H,1H2,2H3/b33-18-,45-6?;. The molecule has 2 aromatic rings. The quantitative estimate of drug-likeness (QED) is 0.00874. The van der Waals surface area contributed by atoms with Crippen LogP contribution in [0.2, 0.25) is 10.0 Å². The van der Waals surface area contributed by atoms with Crippen LogP contribution in [0.4, 0.5) is 22.7 Å². The first kappa shape index (κ1) is 54.2. The number of halogens is 2. The van der Waals surface area contributed by atoms with Crippen LogP contribution in [0, 0.1) is 5.92 Å². The van der Waals surface area contributed by atoms with E-state index in [1.807, 2.05) is 13.8 Å². The molecule has 0 aliphatic rings. The number of benzene rings is 2. The largest absolute Gasteiger partial charge is 0.388 e. The summed E-state index contributed by atoms with van der Waals surface area (Å²) in [5.74, 6) is -1.21. The number of carbonyl (C=O) groups excluding carboxylic acids is 6. The topological polar surface area (TPSA) is 225 Å². The fraction of sp³-hybridized carbons (Fsp3) is 0.429. The molecule has 1 unspecified atom stereocenters. The molecular formula is C42H59Cl2N9O6S2. The summed E-state index contributed by atoms with van der Waals surface area (Å²) in [6.07, 6.45) is 10.1. The number of thioether (sulfide) groups is 2. The molecule has 0 spiro atoms. The third kappa shape index (κ3) is 22.5. The number of nitrogens with zero attached hydrogens (tertiary/aromatic N) is 2. The summed E-state index contributed by atoms with van der Waals surface area (Å²) in [4.78, 5) is 84.4. The summed E-state index contributed by atoms with van der Waals surface area (Å²) >= 11 is 15.5. The fourth-order valence-electron chi connectivity index (χ4n) is 5.09. The average Bonchev–Trinajstić information content (AvgIpc) is 3.19. The third-order valence-electron chi connectivity index (χ3n) is 7.82. The highest BCUT2D eigenvalue weighted by molar-refractivity contribution is 7.99. The Labute approximate surface area is 377 Å². The van der Waals surface area contributed by atoms with Crippen LogP contribution >= 0.6 is 46.7 Å². The Balaban J connectivity index is 0.00000601. The molecule has 2 rings (SSSR count). The maximum absolute atomic E-state index is 13.8. The molecule has 0 saturated carbocycles. The summed E-state index contributed by atoms with van der Waals surface area (Å²) in [5, 5.41) is 17.2. The van der Waals surface area contributed by atoms with E-state index in [2.05, 4.69) is 48.5 Å². The molecule has 8 N–H and O–H groups in total. The van der Waals surface area contributed by atoms with Gasteiger partial charge in [0, 0.05) is 60.2 Å². The van der Waals surface area contributed by atoms with Gasteiger partial charge in [0.05, 0.1) is 44.3 Å². The summed E-state index contributed by atoms with van der Waals surface area (Å²) in [6.45, 7) is 13.4. The zero-order valence-electron chi connectivity index (χ0n) is 35.5. The monoisotopic (exact) mass is 919 g/mol. The van der Waals surface area contributed by atoms with Gasteiger partial charge in [0.1, 0.15) is 5.70 Å². The molecule has 0 heterocycles. The molecule has 0 radical (unpaired) electrons. The van der Waals surface area contributed by atoms with E-state index < -0.39 is 17.7 Å². The van der Waals surface area contributed by atoms with Crippen molar-refractivity contribution in [2.75, 3.05) is 52.4 Å². The molecule has 0 aliphatic carbocycles. The lowest BCUT2D eigenvalue weighted by Gasteiger charge is -2.19.